The van der Waals surface area contributed by atoms with E-state index >= 15 is 0 Å². The summed E-state index contributed by atoms with van der Waals surface area (Å²) in [5.41, 5.74) is 6.31. The second-order valence-electron chi connectivity index (χ2n) is 4.80. The zero-order valence-electron chi connectivity index (χ0n) is 11.0. The maximum Gasteiger partial charge on any atom is 0.315 e. The molecule has 1 aliphatic carbocycles. The number of rotatable bonds is 5. The van der Waals surface area contributed by atoms with Crippen molar-refractivity contribution in [2.24, 2.45) is 0 Å². The van der Waals surface area contributed by atoms with Crippen molar-refractivity contribution < 1.29 is 9.53 Å². The van der Waals surface area contributed by atoms with Gasteiger partial charge in [0, 0.05) is 17.8 Å². The molecule has 1 fully saturated rings. The number of hydrogen-bond donors (Lipinski definition) is 3. The first-order chi connectivity index (χ1) is 9.24. The van der Waals surface area contributed by atoms with Crippen LogP contribution in [0.2, 0.25) is 0 Å². The lowest BCUT2D eigenvalue weighted by molar-refractivity contribution is 0.233. The Bertz CT molecular complexity index is 417. The van der Waals surface area contributed by atoms with Crippen LogP contribution >= 0.6 is 0 Å². The fraction of sp³-hybridized carbons (Fsp3) is 0.500. The monoisotopic (exact) mass is 263 g/mol. The summed E-state index contributed by atoms with van der Waals surface area (Å²) < 4.78 is 5.48. The summed E-state index contributed by atoms with van der Waals surface area (Å²) in [5, 5.41) is 5.75. The van der Waals surface area contributed by atoms with Crippen LogP contribution in [0, 0.1) is 0 Å². The number of carbonyl (C=O) groups is 1. The minimum atomic E-state index is -0.108. The highest BCUT2D eigenvalue weighted by molar-refractivity contribution is 5.74. The van der Waals surface area contributed by atoms with E-state index < -0.39 is 0 Å². The summed E-state index contributed by atoms with van der Waals surface area (Å²) in [6.45, 7) is 0.912. The summed E-state index contributed by atoms with van der Waals surface area (Å²) >= 11 is 0. The van der Waals surface area contributed by atoms with Gasteiger partial charge in [0.1, 0.15) is 12.4 Å². The topological polar surface area (TPSA) is 76.4 Å². The van der Waals surface area contributed by atoms with Gasteiger partial charge in [-0.1, -0.05) is 18.9 Å². The highest BCUT2D eigenvalue weighted by atomic mass is 16.5. The number of hydrogen-bond acceptors (Lipinski definition) is 3. The molecule has 5 heteroatoms. The van der Waals surface area contributed by atoms with Gasteiger partial charge in [-0.15, -0.1) is 0 Å². The molecule has 0 unspecified atom stereocenters. The van der Waals surface area contributed by atoms with E-state index in [9.17, 15) is 4.79 Å². The van der Waals surface area contributed by atoms with E-state index in [1.807, 2.05) is 12.1 Å². The molecule has 0 atom stereocenters. The Labute approximate surface area is 113 Å². The van der Waals surface area contributed by atoms with Crippen molar-refractivity contribution in [3.8, 4) is 5.75 Å². The molecule has 19 heavy (non-hydrogen) atoms. The molecule has 1 aromatic carbocycles. The molecule has 4 N–H and O–H groups in total. The van der Waals surface area contributed by atoms with Crippen molar-refractivity contribution in [3.05, 3.63) is 24.3 Å². The largest absolute Gasteiger partial charge is 0.492 e. The summed E-state index contributed by atoms with van der Waals surface area (Å²) in [6.07, 6.45) is 4.60. The average Bonchev–Trinajstić information content (AvgIpc) is 2.87. The van der Waals surface area contributed by atoms with Gasteiger partial charge in [-0.3, -0.25) is 0 Å². The Morgan fingerprint density at radius 3 is 2.89 bits per heavy atom. The van der Waals surface area contributed by atoms with E-state index in [2.05, 4.69) is 10.6 Å². The van der Waals surface area contributed by atoms with Crippen LogP contribution in [0.3, 0.4) is 0 Å². The summed E-state index contributed by atoms with van der Waals surface area (Å²) in [5.74, 6) is 0.720. The number of anilines is 1. The first-order valence-electron chi connectivity index (χ1n) is 6.77. The van der Waals surface area contributed by atoms with Crippen molar-refractivity contribution in [3.63, 3.8) is 0 Å². The van der Waals surface area contributed by atoms with Gasteiger partial charge < -0.3 is 21.1 Å². The number of nitrogens with one attached hydrogen (secondary N) is 2. The molecule has 1 saturated carbocycles. The van der Waals surface area contributed by atoms with Crippen LogP contribution in [-0.4, -0.2) is 25.2 Å². The SMILES string of the molecule is Nc1cccc(OCCNC(=O)NC2CCCC2)c1. The summed E-state index contributed by atoms with van der Waals surface area (Å²) in [7, 11) is 0. The van der Waals surface area contributed by atoms with Crippen LogP contribution in [-0.2, 0) is 0 Å². The van der Waals surface area contributed by atoms with Crippen LogP contribution in [0.25, 0.3) is 0 Å². The number of carbonyl (C=O) groups excluding carboxylic acids is 1. The third-order valence-electron chi connectivity index (χ3n) is 3.20. The Hall–Kier alpha value is -1.91. The van der Waals surface area contributed by atoms with Crippen LogP contribution in [0.4, 0.5) is 10.5 Å². The molecular weight excluding hydrogens is 242 g/mol. The third kappa shape index (κ3) is 4.69. The number of urea groups is 1. The molecule has 0 aliphatic heterocycles. The molecule has 1 aromatic rings. The molecule has 104 valence electrons. The molecule has 2 rings (SSSR count). The minimum absolute atomic E-state index is 0.108. The van der Waals surface area contributed by atoms with Crippen LogP contribution in [0.5, 0.6) is 5.75 Å². The first kappa shape index (κ1) is 13.5. The van der Waals surface area contributed by atoms with Crippen LogP contribution < -0.4 is 21.1 Å². The second kappa shape index (κ2) is 6.87. The van der Waals surface area contributed by atoms with E-state index in [1.54, 1.807) is 12.1 Å². The number of nitrogens with two attached hydrogens (primary N) is 1. The molecule has 5 nitrogen and oxygen atoms in total. The second-order valence-corrected chi connectivity index (χ2v) is 4.80. The van der Waals surface area contributed by atoms with Gasteiger partial charge in [-0.25, -0.2) is 4.79 Å². The molecule has 0 heterocycles. The van der Waals surface area contributed by atoms with Crippen molar-refractivity contribution in [2.45, 2.75) is 31.7 Å². The van der Waals surface area contributed by atoms with E-state index in [4.69, 9.17) is 10.5 Å². The quantitative estimate of drug-likeness (QED) is 0.561. The molecular formula is C14H21N3O2. The molecule has 0 bridgehead atoms. The zero-order chi connectivity index (χ0) is 13.5. The van der Waals surface area contributed by atoms with E-state index in [0.717, 1.165) is 18.6 Å². The van der Waals surface area contributed by atoms with Crippen molar-refractivity contribution in [1.82, 2.24) is 10.6 Å². The fourth-order valence-electron chi connectivity index (χ4n) is 2.24. The lowest BCUT2D eigenvalue weighted by Gasteiger charge is -2.13. The van der Waals surface area contributed by atoms with E-state index in [-0.39, 0.29) is 6.03 Å². The molecule has 1 aliphatic rings. The van der Waals surface area contributed by atoms with Gasteiger partial charge in [0.15, 0.2) is 0 Å². The van der Waals surface area contributed by atoms with Crippen LogP contribution in [0.15, 0.2) is 24.3 Å². The van der Waals surface area contributed by atoms with Crippen molar-refractivity contribution >= 4 is 11.7 Å². The van der Waals surface area contributed by atoms with Gasteiger partial charge in [-0.2, -0.15) is 0 Å². The number of amides is 2. The third-order valence-corrected chi connectivity index (χ3v) is 3.20. The maximum absolute atomic E-state index is 11.6. The van der Waals surface area contributed by atoms with Gasteiger partial charge in [-0.05, 0) is 25.0 Å². The van der Waals surface area contributed by atoms with Gasteiger partial charge >= 0.3 is 6.03 Å². The molecule has 0 radical (unpaired) electrons. The standard InChI is InChI=1S/C14H21N3O2/c15-11-4-3-7-13(10-11)19-9-8-16-14(18)17-12-5-1-2-6-12/h3-4,7,10,12H,1-2,5-6,8-9,15H2,(H2,16,17,18). The maximum atomic E-state index is 11.6. The summed E-state index contributed by atoms with van der Waals surface area (Å²) in [4.78, 5) is 11.6. The van der Waals surface area contributed by atoms with Gasteiger partial charge in [0.2, 0.25) is 0 Å². The minimum Gasteiger partial charge on any atom is -0.492 e. The lowest BCUT2D eigenvalue weighted by Crippen LogP contribution is -2.42. The van der Waals surface area contributed by atoms with E-state index in [0.29, 0.717) is 24.9 Å². The molecule has 0 saturated heterocycles. The fourth-order valence-corrected chi connectivity index (χ4v) is 2.24. The molecule has 0 aromatic heterocycles. The Balaban J connectivity index is 1.59. The van der Waals surface area contributed by atoms with Gasteiger partial charge in [0.05, 0.1) is 6.54 Å². The number of ether oxygens (including phenoxy) is 1. The predicted octanol–water partition coefficient (Wildman–Crippen LogP) is 1.89. The summed E-state index contributed by atoms with van der Waals surface area (Å²) in [6, 6.07) is 7.48. The highest BCUT2D eigenvalue weighted by Crippen LogP contribution is 2.17. The molecule has 0 spiro atoms. The Morgan fingerprint density at radius 2 is 2.16 bits per heavy atom. The molecule has 2 amide bonds. The van der Waals surface area contributed by atoms with E-state index in [1.165, 1.54) is 12.8 Å². The van der Waals surface area contributed by atoms with Crippen molar-refractivity contribution in [2.75, 3.05) is 18.9 Å². The number of benzene rings is 1. The first-order valence-corrected chi connectivity index (χ1v) is 6.77. The number of nitrogen functional groups attached to an aromatic ring is 1. The van der Waals surface area contributed by atoms with Crippen molar-refractivity contribution in [1.29, 1.82) is 0 Å². The van der Waals surface area contributed by atoms with Crippen LogP contribution in [0.1, 0.15) is 25.7 Å². The zero-order valence-corrected chi connectivity index (χ0v) is 11.0. The van der Waals surface area contributed by atoms with Gasteiger partial charge in [0.25, 0.3) is 0 Å². The highest BCUT2D eigenvalue weighted by Gasteiger charge is 2.16. The Kier molecular flexibility index (Phi) is 4.89. The smallest absolute Gasteiger partial charge is 0.315 e. The predicted molar refractivity (Wildman–Crippen MR) is 75.1 cm³/mol. The normalized spacial score (nSPS) is 15.2. The lowest BCUT2D eigenvalue weighted by atomic mass is 10.2. The average molecular weight is 263 g/mol. The Morgan fingerprint density at radius 1 is 1.37 bits per heavy atom.